The first-order chi connectivity index (χ1) is 14.0. The number of ether oxygens (including phenoxy) is 4. The van der Waals surface area contributed by atoms with Crippen molar-refractivity contribution in [1.29, 1.82) is 0 Å². The van der Waals surface area contributed by atoms with Gasteiger partial charge in [-0.2, -0.15) is 0 Å². The average molecular weight is 440 g/mol. The van der Waals surface area contributed by atoms with Crippen molar-refractivity contribution >= 4 is 11.9 Å². The summed E-state index contributed by atoms with van der Waals surface area (Å²) in [7, 11) is 2.54. The fourth-order valence-corrected chi connectivity index (χ4v) is 3.48. The van der Waals surface area contributed by atoms with Gasteiger partial charge >= 0.3 is 11.9 Å². The highest BCUT2D eigenvalue weighted by Gasteiger charge is 2.48. The highest BCUT2D eigenvalue weighted by atomic mass is 16.6. The molecular formula is C18H32O12. The standard InChI is InChI=1S/2C9H16O6/c2*1-3-4-5(10)6(11)7(14-2)8(15-4)9(12)13/h2*4-8,10-11H,3H2,1-2H3,(H,12,13)/t2*4-,5?,6?,7-,8?/m00/s1. The Morgan fingerprint density at radius 2 is 1.00 bits per heavy atom. The molecule has 0 bridgehead atoms. The van der Waals surface area contributed by atoms with Gasteiger partial charge in [-0.1, -0.05) is 13.8 Å². The van der Waals surface area contributed by atoms with Crippen molar-refractivity contribution in [3.63, 3.8) is 0 Å². The number of hydrogen-bond acceptors (Lipinski definition) is 10. The smallest absolute Gasteiger partial charge is 0.335 e. The molecule has 0 radical (unpaired) electrons. The normalized spacial score (nSPS) is 41.5. The third-order valence-corrected chi connectivity index (χ3v) is 5.21. The lowest BCUT2D eigenvalue weighted by Gasteiger charge is -2.40. The van der Waals surface area contributed by atoms with Crippen LogP contribution in [0.2, 0.25) is 0 Å². The molecule has 0 amide bonds. The summed E-state index contributed by atoms with van der Waals surface area (Å²) in [6, 6.07) is 0. The number of carboxylic acid groups (broad SMARTS) is 2. The summed E-state index contributed by atoms with van der Waals surface area (Å²) in [5.41, 5.74) is 0. The van der Waals surface area contributed by atoms with Crippen LogP contribution < -0.4 is 0 Å². The zero-order valence-corrected chi connectivity index (χ0v) is 17.3. The highest BCUT2D eigenvalue weighted by molar-refractivity contribution is 5.74. The van der Waals surface area contributed by atoms with Gasteiger partial charge in [0.2, 0.25) is 0 Å². The van der Waals surface area contributed by atoms with Crippen LogP contribution in [-0.2, 0) is 28.5 Å². The van der Waals surface area contributed by atoms with Crippen LogP contribution in [-0.4, -0.2) is 118 Å². The first-order valence-corrected chi connectivity index (χ1v) is 9.59. The summed E-state index contributed by atoms with van der Waals surface area (Å²) in [6.45, 7) is 3.49. The molecule has 0 saturated carbocycles. The van der Waals surface area contributed by atoms with Gasteiger partial charge < -0.3 is 49.6 Å². The predicted octanol–water partition coefficient (Wildman–Crippen LogP) is -2.03. The number of aliphatic carboxylic acids is 2. The minimum atomic E-state index is -1.24. The SMILES string of the molecule is CC[C@@H]1OC(C(=O)O)[C@@H](OC)C(O)C1O.CC[C@@H]1OC(C(=O)O)[C@@H](OC)C(O)C1O. The molecule has 2 aliphatic heterocycles. The van der Waals surface area contributed by atoms with Crippen LogP contribution in [0.5, 0.6) is 0 Å². The second kappa shape index (κ2) is 11.9. The first kappa shape index (κ1) is 26.7. The lowest BCUT2D eigenvalue weighted by Crippen LogP contribution is -2.60. The van der Waals surface area contributed by atoms with E-state index < -0.39 is 73.0 Å². The van der Waals surface area contributed by atoms with E-state index >= 15 is 0 Å². The van der Waals surface area contributed by atoms with E-state index in [1.54, 1.807) is 13.8 Å². The fraction of sp³-hybridized carbons (Fsp3) is 0.889. The molecule has 0 aromatic rings. The molecule has 12 nitrogen and oxygen atoms in total. The van der Waals surface area contributed by atoms with Gasteiger partial charge in [-0.05, 0) is 12.8 Å². The van der Waals surface area contributed by atoms with E-state index in [2.05, 4.69) is 0 Å². The number of methoxy groups -OCH3 is 2. The molecule has 6 unspecified atom stereocenters. The van der Waals surface area contributed by atoms with Gasteiger partial charge in [-0.3, -0.25) is 0 Å². The van der Waals surface area contributed by atoms with Gasteiger partial charge in [-0.25, -0.2) is 9.59 Å². The Bertz CT molecular complexity index is 509. The molecule has 0 spiro atoms. The lowest BCUT2D eigenvalue weighted by atomic mass is 9.93. The molecule has 10 atom stereocenters. The van der Waals surface area contributed by atoms with Gasteiger partial charge in [0.15, 0.2) is 12.2 Å². The summed E-state index contributed by atoms with van der Waals surface area (Å²) in [5, 5.41) is 56.2. The maximum absolute atomic E-state index is 10.8. The third kappa shape index (κ3) is 5.86. The zero-order chi connectivity index (χ0) is 23.2. The van der Waals surface area contributed by atoms with Crippen LogP contribution >= 0.6 is 0 Å². The van der Waals surface area contributed by atoms with Crippen LogP contribution in [0.1, 0.15) is 26.7 Å². The third-order valence-electron chi connectivity index (χ3n) is 5.21. The van der Waals surface area contributed by atoms with Gasteiger partial charge in [0.05, 0.1) is 12.2 Å². The summed E-state index contributed by atoms with van der Waals surface area (Å²) >= 11 is 0. The van der Waals surface area contributed by atoms with E-state index in [9.17, 15) is 30.0 Å². The molecule has 0 aromatic carbocycles. The van der Waals surface area contributed by atoms with Crippen molar-refractivity contribution in [3.05, 3.63) is 0 Å². The monoisotopic (exact) mass is 440 g/mol. The van der Waals surface area contributed by atoms with Crippen LogP contribution in [0.3, 0.4) is 0 Å². The van der Waals surface area contributed by atoms with Crippen LogP contribution in [0, 0.1) is 0 Å². The highest BCUT2D eigenvalue weighted by Crippen LogP contribution is 2.26. The number of rotatable bonds is 6. The van der Waals surface area contributed by atoms with Crippen molar-refractivity contribution in [2.45, 2.75) is 87.7 Å². The summed E-state index contributed by atoms with van der Waals surface area (Å²) in [5.74, 6) is -2.41. The van der Waals surface area contributed by atoms with Crippen LogP contribution in [0.15, 0.2) is 0 Å². The van der Waals surface area contributed by atoms with Gasteiger partial charge in [0, 0.05) is 14.2 Å². The fourth-order valence-electron chi connectivity index (χ4n) is 3.48. The Balaban J connectivity index is 0.000000300. The molecule has 2 fully saturated rings. The Morgan fingerprint density at radius 3 is 1.20 bits per heavy atom. The van der Waals surface area contributed by atoms with Crippen LogP contribution in [0.4, 0.5) is 0 Å². The Morgan fingerprint density at radius 1 is 0.700 bits per heavy atom. The second-order valence-electron chi connectivity index (χ2n) is 7.05. The van der Waals surface area contributed by atoms with Crippen LogP contribution in [0.25, 0.3) is 0 Å². The molecule has 2 heterocycles. The number of carboxylic acids is 2. The molecule has 0 aromatic heterocycles. The van der Waals surface area contributed by atoms with Crippen molar-refractivity contribution in [1.82, 2.24) is 0 Å². The zero-order valence-electron chi connectivity index (χ0n) is 17.3. The van der Waals surface area contributed by atoms with E-state index in [1.165, 1.54) is 14.2 Å². The molecule has 12 heteroatoms. The largest absolute Gasteiger partial charge is 0.479 e. The second-order valence-corrected chi connectivity index (χ2v) is 7.05. The molecule has 30 heavy (non-hydrogen) atoms. The average Bonchev–Trinajstić information content (AvgIpc) is 2.71. The van der Waals surface area contributed by atoms with E-state index in [4.69, 9.17) is 29.2 Å². The number of carbonyl (C=O) groups is 2. The molecular weight excluding hydrogens is 408 g/mol. The maximum atomic E-state index is 10.8. The quantitative estimate of drug-likeness (QED) is 0.266. The van der Waals surface area contributed by atoms with E-state index in [0.29, 0.717) is 12.8 Å². The Kier molecular flexibility index (Phi) is 10.5. The Labute approximate surface area is 173 Å². The van der Waals surface area contributed by atoms with E-state index in [-0.39, 0.29) is 0 Å². The molecule has 2 rings (SSSR count). The molecule has 2 saturated heterocycles. The molecule has 176 valence electrons. The number of hydrogen-bond donors (Lipinski definition) is 6. The molecule has 6 N–H and O–H groups in total. The topological polar surface area (TPSA) is 192 Å². The van der Waals surface area contributed by atoms with Crippen molar-refractivity contribution in [2.24, 2.45) is 0 Å². The van der Waals surface area contributed by atoms with Gasteiger partial charge in [0.1, 0.15) is 36.6 Å². The van der Waals surface area contributed by atoms with Gasteiger partial charge in [0.25, 0.3) is 0 Å². The minimum Gasteiger partial charge on any atom is -0.479 e. The summed E-state index contributed by atoms with van der Waals surface area (Å²) < 4.78 is 19.9. The molecule has 2 aliphatic rings. The van der Waals surface area contributed by atoms with E-state index in [1.807, 2.05) is 0 Å². The van der Waals surface area contributed by atoms with Gasteiger partial charge in [-0.15, -0.1) is 0 Å². The van der Waals surface area contributed by atoms with E-state index in [0.717, 1.165) is 0 Å². The minimum absolute atomic E-state index is 0.429. The summed E-state index contributed by atoms with van der Waals surface area (Å²) in [4.78, 5) is 21.7. The number of aliphatic hydroxyl groups is 4. The van der Waals surface area contributed by atoms with Crippen molar-refractivity contribution in [2.75, 3.05) is 14.2 Å². The summed E-state index contributed by atoms with van der Waals surface area (Å²) in [6.07, 6.45) is -9.76. The molecule has 0 aliphatic carbocycles. The Hall–Kier alpha value is -1.38. The van der Waals surface area contributed by atoms with Crippen molar-refractivity contribution < 1.29 is 59.2 Å². The predicted molar refractivity (Wildman–Crippen MR) is 98.8 cm³/mol. The lowest BCUT2D eigenvalue weighted by molar-refractivity contribution is -0.233. The van der Waals surface area contributed by atoms with Crippen molar-refractivity contribution in [3.8, 4) is 0 Å². The maximum Gasteiger partial charge on any atom is 0.335 e. The number of aliphatic hydroxyl groups excluding tert-OH is 4. The first-order valence-electron chi connectivity index (χ1n) is 9.59.